The Morgan fingerprint density at radius 3 is 2.25 bits per heavy atom. The van der Waals surface area contributed by atoms with Gasteiger partial charge in [-0.05, 0) is 31.8 Å². The minimum absolute atomic E-state index is 0.0704. The second kappa shape index (κ2) is 7.59. The van der Waals surface area contributed by atoms with Gasteiger partial charge in [-0.2, -0.15) is 0 Å². The van der Waals surface area contributed by atoms with E-state index in [1.54, 1.807) is 0 Å². The third kappa shape index (κ3) is 5.79. The first-order valence-corrected chi connectivity index (χ1v) is 6.27. The van der Waals surface area contributed by atoms with Crippen molar-refractivity contribution in [3.8, 4) is 0 Å². The van der Waals surface area contributed by atoms with E-state index in [2.05, 4.69) is 0 Å². The molecule has 0 unspecified atom stereocenters. The number of benzene rings is 1. The van der Waals surface area contributed by atoms with Crippen molar-refractivity contribution < 1.29 is 19.1 Å². The lowest BCUT2D eigenvalue weighted by Gasteiger charge is -2.22. The summed E-state index contributed by atoms with van der Waals surface area (Å²) < 4.78 is 12.8. The van der Waals surface area contributed by atoms with Crippen LogP contribution in [-0.4, -0.2) is 60.5 Å². The first-order chi connectivity index (χ1) is 9.38. The maximum atomic E-state index is 12.8. The summed E-state index contributed by atoms with van der Waals surface area (Å²) >= 11 is 0. The molecule has 0 aromatic heterocycles. The van der Waals surface area contributed by atoms with Gasteiger partial charge in [0, 0.05) is 13.1 Å². The molecular weight excluding hydrogens is 263 g/mol. The molecule has 0 radical (unpaired) electrons. The van der Waals surface area contributed by atoms with Crippen LogP contribution in [0, 0.1) is 5.82 Å². The Bertz CT molecular complexity index is 460. The van der Waals surface area contributed by atoms with Crippen molar-refractivity contribution in [3.05, 3.63) is 35.6 Å². The Hall–Kier alpha value is -1.95. The van der Waals surface area contributed by atoms with Gasteiger partial charge in [0.05, 0.1) is 6.42 Å². The summed E-state index contributed by atoms with van der Waals surface area (Å²) in [5.41, 5.74) is 0.664. The predicted octanol–water partition coefficient (Wildman–Crippen LogP) is 0.843. The van der Waals surface area contributed by atoms with E-state index in [-0.39, 0.29) is 24.7 Å². The number of carbonyl (C=O) groups excluding carboxylic acids is 1. The van der Waals surface area contributed by atoms with Crippen LogP contribution in [0.5, 0.6) is 0 Å². The minimum Gasteiger partial charge on any atom is -0.480 e. The van der Waals surface area contributed by atoms with Crippen molar-refractivity contribution in [3.63, 3.8) is 0 Å². The summed E-state index contributed by atoms with van der Waals surface area (Å²) in [6.07, 6.45) is 0.0704. The lowest BCUT2D eigenvalue weighted by atomic mass is 10.1. The van der Waals surface area contributed by atoms with Crippen LogP contribution in [0.3, 0.4) is 0 Å². The molecule has 0 fully saturated rings. The minimum atomic E-state index is -1.05. The first kappa shape index (κ1) is 16.1. The van der Waals surface area contributed by atoms with Crippen LogP contribution in [-0.2, 0) is 16.0 Å². The van der Waals surface area contributed by atoms with Gasteiger partial charge in [-0.1, -0.05) is 12.1 Å². The molecule has 1 aromatic rings. The molecule has 0 aliphatic heterocycles. The average Bonchev–Trinajstić information content (AvgIpc) is 2.36. The normalized spacial score (nSPS) is 10.6. The van der Waals surface area contributed by atoms with Crippen LogP contribution in [0.25, 0.3) is 0 Å². The Morgan fingerprint density at radius 1 is 1.15 bits per heavy atom. The molecule has 20 heavy (non-hydrogen) atoms. The van der Waals surface area contributed by atoms with Gasteiger partial charge in [-0.3, -0.25) is 9.59 Å². The third-order valence-corrected chi connectivity index (χ3v) is 2.76. The molecule has 0 aliphatic carbocycles. The van der Waals surface area contributed by atoms with E-state index in [4.69, 9.17) is 5.11 Å². The molecule has 6 heteroatoms. The van der Waals surface area contributed by atoms with Gasteiger partial charge in [0.15, 0.2) is 0 Å². The van der Waals surface area contributed by atoms with Crippen molar-refractivity contribution in [1.29, 1.82) is 0 Å². The first-order valence-electron chi connectivity index (χ1n) is 6.27. The van der Waals surface area contributed by atoms with E-state index in [1.165, 1.54) is 29.2 Å². The maximum absolute atomic E-state index is 12.8. The Balaban J connectivity index is 2.66. The van der Waals surface area contributed by atoms with Crippen LogP contribution in [0.15, 0.2) is 24.3 Å². The summed E-state index contributed by atoms with van der Waals surface area (Å²) in [5.74, 6) is -1.69. The van der Waals surface area contributed by atoms with Crippen LogP contribution in [0.4, 0.5) is 4.39 Å². The predicted molar refractivity (Wildman–Crippen MR) is 72.9 cm³/mol. The maximum Gasteiger partial charge on any atom is 0.323 e. The number of hydrogen-bond acceptors (Lipinski definition) is 3. The van der Waals surface area contributed by atoms with Gasteiger partial charge in [0.1, 0.15) is 12.4 Å². The fourth-order valence-corrected chi connectivity index (χ4v) is 1.66. The zero-order valence-corrected chi connectivity index (χ0v) is 11.7. The standard InChI is InChI=1S/C14H19FN2O3/c1-16(2)7-8-17(10-14(19)20)13(18)9-11-3-5-12(15)6-4-11/h3-6H,7-10H2,1-2H3,(H,19,20). The van der Waals surface area contributed by atoms with Crippen molar-refractivity contribution in [2.75, 3.05) is 33.7 Å². The third-order valence-electron chi connectivity index (χ3n) is 2.76. The number of rotatable bonds is 7. The van der Waals surface area contributed by atoms with Crippen molar-refractivity contribution in [1.82, 2.24) is 9.80 Å². The van der Waals surface area contributed by atoms with Gasteiger partial charge in [-0.25, -0.2) is 4.39 Å². The summed E-state index contributed by atoms with van der Waals surface area (Å²) in [6, 6.07) is 5.62. The summed E-state index contributed by atoms with van der Waals surface area (Å²) in [6.45, 7) is 0.607. The molecule has 0 heterocycles. The molecule has 0 saturated heterocycles. The molecule has 0 spiro atoms. The van der Waals surface area contributed by atoms with Gasteiger partial charge < -0.3 is 14.9 Å². The quantitative estimate of drug-likeness (QED) is 0.805. The average molecular weight is 282 g/mol. The van der Waals surface area contributed by atoms with E-state index >= 15 is 0 Å². The van der Waals surface area contributed by atoms with Gasteiger partial charge >= 0.3 is 5.97 Å². The fraction of sp³-hybridized carbons (Fsp3) is 0.429. The highest BCUT2D eigenvalue weighted by Gasteiger charge is 2.17. The smallest absolute Gasteiger partial charge is 0.323 e. The highest BCUT2D eigenvalue weighted by Crippen LogP contribution is 2.06. The van der Waals surface area contributed by atoms with E-state index in [0.29, 0.717) is 18.7 Å². The molecule has 1 amide bonds. The fourth-order valence-electron chi connectivity index (χ4n) is 1.66. The van der Waals surface area contributed by atoms with Crippen LogP contribution < -0.4 is 0 Å². The number of amides is 1. The molecule has 110 valence electrons. The molecule has 1 aromatic carbocycles. The Morgan fingerprint density at radius 2 is 1.75 bits per heavy atom. The molecule has 0 saturated carbocycles. The number of carbonyl (C=O) groups is 2. The van der Waals surface area contributed by atoms with Gasteiger partial charge in [0.25, 0.3) is 0 Å². The largest absolute Gasteiger partial charge is 0.480 e. The van der Waals surface area contributed by atoms with E-state index in [0.717, 1.165) is 0 Å². The van der Waals surface area contributed by atoms with E-state index in [9.17, 15) is 14.0 Å². The van der Waals surface area contributed by atoms with Crippen molar-refractivity contribution in [2.45, 2.75) is 6.42 Å². The highest BCUT2D eigenvalue weighted by molar-refractivity contribution is 5.83. The Labute approximate surface area is 117 Å². The zero-order valence-electron chi connectivity index (χ0n) is 11.7. The SMILES string of the molecule is CN(C)CCN(CC(=O)O)C(=O)Cc1ccc(F)cc1. The van der Waals surface area contributed by atoms with E-state index in [1.807, 2.05) is 19.0 Å². The monoisotopic (exact) mass is 282 g/mol. The second-order valence-corrected chi connectivity index (χ2v) is 4.82. The molecule has 5 nitrogen and oxygen atoms in total. The summed E-state index contributed by atoms with van der Waals surface area (Å²) in [4.78, 5) is 26.1. The van der Waals surface area contributed by atoms with Crippen molar-refractivity contribution in [2.24, 2.45) is 0 Å². The highest BCUT2D eigenvalue weighted by atomic mass is 19.1. The molecule has 0 bridgehead atoms. The van der Waals surface area contributed by atoms with Crippen LogP contribution >= 0.6 is 0 Å². The second-order valence-electron chi connectivity index (χ2n) is 4.82. The molecule has 0 atom stereocenters. The molecule has 1 rings (SSSR count). The topological polar surface area (TPSA) is 60.9 Å². The van der Waals surface area contributed by atoms with E-state index < -0.39 is 5.97 Å². The van der Waals surface area contributed by atoms with Gasteiger partial charge in [-0.15, -0.1) is 0 Å². The molecular formula is C14H19FN2O3. The number of aliphatic carboxylic acids is 1. The number of carboxylic acid groups (broad SMARTS) is 1. The number of carboxylic acids is 1. The lowest BCUT2D eigenvalue weighted by Crippen LogP contribution is -2.40. The number of likely N-dealkylation sites (N-methyl/N-ethyl adjacent to an activating group) is 1. The number of halogens is 1. The van der Waals surface area contributed by atoms with Crippen LogP contribution in [0.2, 0.25) is 0 Å². The van der Waals surface area contributed by atoms with Gasteiger partial charge in [0.2, 0.25) is 5.91 Å². The number of hydrogen-bond donors (Lipinski definition) is 1. The van der Waals surface area contributed by atoms with Crippen molar-refractivity contribution >= 4 is 11.9 Å². The Kier molecular flexibility index (Phi) is 6.11. The summed E-state index contributed by atoms with van der Waals surface area (Å²) in [7, 11) is 3.70. The molecule has 1 N–H and O–H groups in total. The zero-order chi connectivity index (χ0) is 15.1. The van der Waals surface area contributed by atoms with Crippen LogP contribution in [0.1, 0.15) is 5.56 Å². The lowest BCUT2D eigenvalue weighted by molar-refractivity contribution is -0.144. The summed E-state index contributed by atoms with van der Waals surface area (Å²) in [5, 5.41) is 8.84. The molecule has 0 aliphatic rings. The number of nitrogens with zero attached hydrogens (tertiary/aromatic N) is 2.